The lowest BCUT2D eigenvalue weighted by Crippen LogP contribution is -2.25. The number of sulfonamides is 1. The van der Waals surface area contributed by atoms with E-state index < -0.39 is 10.0 Å². The molecule has 0 saturated heterocycles. The molecule has 0 aliphatic heterocycles. The summed E-state index contributed by atoms with van der Waals surface area (Å²) in [5.74, 6) is 1.07. The zero-order valence-electron chi connectivity index (χ0n) is 19.3. The maximum Gasteiger partial charge on any atom is 0.244 e. The van der Waals surface area contributed by atoms with Gasteiger partial charge in [0.2, 0.25) is 15.9 Å². The lowest BCUT2D eigenvalue weighted by molar-refractivity contribution is -0.117. The molecule has 0 aromatic heterocycles. The van der Waals surface area contributed by atoms with Crippen LogP contribution in [-0.4, -0.2) is 45.9 Å². The van der Waals surface area contributed by atoms with E-state index in [4.69, 9.17) is 9.47 Å². The molecule has 0 saturated carbocycles. The average Bonchev–Trinajstić information content (AvgIpc) is 2.77. The Balaban J connectivity index is 2.04. The van der Waals surface area contributed by atoms with Gasteiger partial charge in [0.05, 0.1) is 24.2 Å². The summed E-state index contributed by atoms with van der Waals surface area (Å²) in [5.41, 5.74) is 1.62. The topological polar surface area (TPSA) is 84.9 Å². The maximum absolute atomic E-state index is 12.4. The molecule has 7 nitrogen and oxygen atoms in total. The molecule has 0 aliphatic rings. The third-order valence-corrected chi connectivity index (χ3v) is 6.50. The van der Waals surface area contributed by atoms with Crippen LogP contribution in [0.5, 0.6) is 11.5 Å². The Morgan fingerprint density at radius 3 is 2.34 bits per heavy atom. The molecule has 2 rings (SSSR count). The quantitative estimate of drug-likeness (QED) is 0.512. The summed E-state index contributed by atoms with van der Waals surface area (Å²) >= 11 is 0. The molecule has 2 aromatic rings. The fourth-order valence-corrected chi connectivity index (χ4v) is 3.79. The maximum atomic E-state index is 12.4. The molecule has 0 radical (unpaired) electrons. The molecule has 8 heteroatoms. The molecule has 0 heterocycles. The molecule has 0 fully saturated rings. The average molecular weight is 461 g/mol. The van der Waals surface area contributed by atoms with E-state index in [1.807, 2.05) is 39.0 Å². The van der Waals surface area contributed by atoms with Crippen LogP contribution in [0, 0.1) is 0 Å². The van der Waals surface area contributed by atoms with Crippen molar-refractivity contribution in [3.63, 3.8) is 0 Å². The van der Waals surface area contributed by atoms with Gasteiger partial charge in [-0.05, 0) is 61.7 Å². The zero-order chi connectivity index (χ0) is 23.7. The van der Waals surface area contributed by atoms with Crippen molar-refractivity contribution in [1.29, 1.82) is 0 Å². The number of amides is 1. The Bertz CT molecular complexity index is 1030. The number of nitrogens with zero attached hydrogens (tertiary/aromatic N) is 1. The number of carbonyl (C=O) groups excluding carboxylic acids is 1. The Labute approximate surface area is 191 Å². The van der Waals surface area contributed by atoms with Crippen LogP contribution in [0.3, 0.4) is 0 Å². The summed E-state index contributed by atoms with van der Waals surface area (Å²) in [6.45, 7) is 6.91. The number of rotatable bonds is 11. The number of nitrogens with one attached hydrogen (secondary N) is 1. The highest BCUT2D eigenvalue weighted by molar-refractivity contribution is 7.89. The number of carbonyl (C=O) groups is 1. The van der Waals surface area contributed by atoms with Gasteiger partial charge in [0.1, 0.15) is 0 Å². The normalized spacial score (nSPS) is 12.7. The van der Waals surface area contributed by atoms with Crippen LogP contribution in [0.4, 0.5) is 0 Å². The second-order valence-electron chi connectivity index (χ2n) is 7.41. The predicted molar refractivity (Wildman–Crippen MR) is 126 cm³/mol. The van der Waals surface area contributed by atoms with Crippen LogP contribution in [0.1, 0.15) is 44.4 Å². The molecule has 0 spiro atoms. The molecule has 0 bridgehead atoms. The number of ether oxygens (including phenoxy) is 2. The van der Waals surface area contributed by atoms with Gasteiger partial charge >= 0.3 is 0 Å². The largest absolute Gasteiger partial charge is 0.490 e. The number of hydrogen-bond donors (Lipinski definition) is 1. The van der Waals surface area contributed by atoms with E-state index in [1.165, 1.54) is 20.2 Å². The van der Waals surface area contributed by atoms with Crippen molar-refractivity contribution >= 4 is 22.0 Å². The van der Waals surface area contributed by atoms with E-state index in [9.17, 15) is 13.2 Å². The van der Waals surface area contributed by atoms with E-state index in [1.54, 1.807) is 30.3 Å². The minimum absolute atomic E-state index is 0.209. The van der Waals surface area contributed by atoms with Crippen molar-refractivity contribution in [2.75, 3.05) is 27.3 Å². The SMILES string of the molecule is CCCOc1ccc(/C=C/C(=O)NC(C)c2ccc(S(=O)(=O)N(C)C)cc2)cc1OCC. The Morgan fingerprint density at radius 1 is 1.06 bits per heavy atom. The molecule has 1 unspecified atom stereocenters. The van der Waals surface area contributed by atoms with Crippen molar-refractivity contribution in [2.45, 2.75) is 38.1 Å². The third-order valence-electron chi connectivity index (χ3n) is 4.67. The van der Waals surface area contributed by atoms with Crippen molar-refractivity contribution in [3.8, 4) is 11.5 Å². The molecule has 1 amide bonds. The van der Waals surface area contributed by atoms with E-state index >= 15 is 0 Å². The van der Waals surface area contributed by atoms with Gasteiger partial charge in [-0.25, -0.2) is 12.7 Å². The summed E-state index contributed by atoms with van der Waals surface area (Å²) in [6.07, 6.45) is 4.07. The van der Waals surface area contributed by atoms with Crippen molar-refractivity contribution < 1.29 is 22.7 Å². The molecular weight excluding hydrogens is 428 g/mol. The van der Waals surface area contributed by atoms with E-state index in [2.05, 4.69) is 5.32 Å². The highest BCUT2D eigenvalue weighted by Gasteiger charge is 2.17. The van der Waals surface area contributed by atoms with Gasteiger partial charge in [0, 0.05) is 20.2 Å². The second kappa shape index (κ2) is 11.7. The van der Waals surface area contributed by atoms with Gasteiger partial charge < -0.3 is 14.8 Å². The molecular formula is C24H32N2O5S. The second-order valence-corrected chi connectivity index (χ2v) is 9.56. The first-order valence-electron chi connectivity index (χ1n) is 10.6. The molecule has 1 N–H and O–H groups in total. The van der Waals surface area contributed by atoms with Crippen LogP contribution in [0.2, 0.25) is 0 Å². The van der Waals surface area contributed by atoms with E-state index in [0.717, 1.165) is 21.9 Å². The minimum atomic E-state index is -3.48. The summed E-state index contributed by atoms with van der Waals surface area (Å²) < 4.78 is 36.9. The minimum Gasteiger partial charge on any atom is -0.490 e. The first-order valence-corrected chi connectivity index (χ1v) is 12.0. The van der Waals surface area contributed by atoms with Crippen molar-refractivity contribution in [2.24, 2.45) is 0 Å². The Hall–Kier alpha value is -2.84. The van der Waals surface area contributed by atoms with Gasteiger partial charge in [0.15, 0.2) is 11.5 Å². The highest BCUT2D eigenvalue weighted by atomic mass is 32.2. The highest BCUT2D eigenvalue weighted by Crippen LogP contribution is 2.29. The monoisotopic (exact) mass is 460 g/mol. The number of hydrogen-bond acceptors (Lipinski definition) is 5. The third kappa shape index (κ3) is 6.83. The van der Waals surface area contributed by atoms with E-state index in [-0.39, 0.29) is 16.8 Å². The summed E-state index contributed by atoms with van der Waals surface area (Å²) in [6, 6.07) is 11.7. The number of benzene rings is 2. The lowest BCUT2D eigenvalue weighted by Gasteiger charge is -2.15. The van der Waals surface area contributed by atoms with Crippen molar-refractivity contribution in [1.82, 2.24) is 9.62 Å². The summed E-state index contributed by atoms with van der Waals surface area (Å²) in [5, 5.41) is 2.88. The van der Waals surface area contributed by atoms with Gasteiger partial charge in [-0.1, -0.05) is 25.1 Å². The summed E-state index contributed by atoms with van der Waals surface area (Å²) in [4.78, 5) is 12.6. The Morgan fingerprint density at radius 2 is 1.75 bits per heavy atom. The predicted octanol–water partition coefficient (Wildman–Crippen LogP) is 4.02. The first kappa shape index (κ1) is 25.4. The van der Waals surface area contributed by atoms with Gasteiger partial charge in [-0.3, -0.25) is 4.79 Å². The van der Waals surface area contributed by atoms with Gasteiger partial charge in [-0.15, -0.1) is 0 Å². The van der Waals surface area contributed by atoms with Crippen LogP contribution < -0.4 is 14.8 Å². The molecule has 32 heavy (non-hydrogen) atoms. The molecule has 0 aliphatic carbocycles. The smallest absolute Gasteiger partial charge is 0.244 e. The van der Waals surface area contributed by atoms with Crippen LogP contribution >= 0.6 is 0 Å². The van der Waals surface area contributed by atoms with Crippen LogP contribution in [0.25, 0.3) is 6.08 Å². The lowest BCUT2D eigenvalue weighted by atomic mass is 10.1. The standard InChI is InChI=1S/C24H32N2O5S/c1-6-16-31-22-14-8-19(17-23(22)30-7-2)9-15-24(27)25-18(3)20-10-12-21(13-11-20)32(28,29)26(4)5/h8-15,17-18H,6-7,16H2,1-5H3,(H,25,27)/b15-9+. The van der Waals surface area contributed by atoms with Crippen LogP contribution in [-0.2, 0) is 14.8 Å². The zero-order valence-corrected chi connectivity index (χ0v) is 20.1. The molecule has 1 atom stereocenters. The van der Waals surface area contributed by atoms with E-state index in [0.29, 0.717) is 24.7 Å². The molecule has 174 valence electrons. The fourth-order valence-electron chi connectivity index (χ4n) is 2.88. The van der Waals surface area contributed by atoms with Gasteiger partial charge in [-0.2, -0.15) is 0 Å². The van der Waals surface area contributed by atoms with Gasteiger partial charge in [0.25, 0.3) is 0 Å². The summed E-state index contributed by atoms with van der Waals surface area (Å²) in [7, 11) is -0.507. The van der Waals surface area contributed by atoms with Crippen LogP contribution in [0.15, 0.2) is 53.4 Å². The first-order chi connectivity index (χ1) is 15.2. The fraction of sp³-hybridized carbons (Fsp3) is 0.375. The molecule has 2 aromatic carbocycles. The Kier molecular flexibility index (Phi) is 9.28. The van der Waals surface area contributed by atoms with Crippen molar-refractivity contribution in [3.05, 3.63) is 59.7 Å².